The van der Waals surface area contributed by atoms with Gasteiger partial charge in [0.05, 0.1) is 17.4 Å². The molecule has 1 fully saturated rings. The highest BCUT2D eigenvalue weighted by molar-refractivity contribution is 7.89. The number of hydrogen-bond donors (Lipinski definition) is 1. The van der Waals surface area contributed by atoms with Crippen molar-refractivity contribution in [3.63, 3.8) is 0 Å². The van der Waals surface area contributed by atoms with E-state index in [4.69, 9.17) is 4.74 Å². The quantitative estimate of drug-likeness (QED) is 0.552. The third-order valence-corrected chi connectivity index (χ3v) is 7.49. The zero-order valence-corrected chi connectivity index (χ0v) is 18.4. The van der Waals surface area contributed by atoms with Crippen molar-refractivity contribution in [1.29, 1.82) is 0 Å². The number of sulfonamides is 1. The van der Waals surface area contributed by atoms with Crippen LogP contribution in [-0.4, -0.2) is 44.9 Å². The van der Waals surface area contributed by atoms with Gasteiger partial charge in [0, 0.05) is 18.5 Å². The Bertz CT molecular complexity index is 1190. The second-order valence-corrected chi connectivity index (χ2v) is 9.71. The Morgan fingerprint density at radius 1 is 1.06 bits per heavy atom. The van der Waals surface area contributed by atoms with E-state index in [0.29, 0.717) is 32.5 Å². The number of piperidine rings is 1. The van der Waals surface area contributed by atoms with Crippen LogP contribution in [0.25, 0.3) is 10.8 Å². The fourth-order valence-corrected chi connectivity index (χ4v) is 5.46. The zero-order valence-electron chi connectivity index (χ0n) is 17.5. The van der Waals surface area contributed by atoms with Crippen LogP contribution >= 0.6 is 0 Å². The van der Waals surface area contributed by atoms with E-state index in [-0.39, 0.29) is 17.3 Å². The molecular weight excluding hydrogens is 431 g/mol. The van der Waals surface area contributed by atoms with E-state index in [1.807, 2.05) is 42.5 Å². The molecular formula is C24H25FN2O4S. The van der Waals surface area contributed by atoms with E-state index in [1.54, 1.807) is 0 Å². The average molecular weight is 457 g/mol. The number of halogens is 1. The summed E-state index contributed by atoms with van der Waals surface area (Å²) in [5.41, 5.74) is 0. The first-order valence-corrected chi connectivity index (χ1v) is 12.0. The first kappa shape index (κ1) is 22.2. The molecule has 0 aliphatic carbocycles. The summed E-state index contributed by atoms with van der Waals surface area (Å²) in [4.78, 5) is 12.7. The van der Waals surface area contributed by atoms with Crippen molar-refractivity contribution in [3.05, 3.63) is 72.5 Å². The Labute approximate surface area is 187 Å². The van der Waals surface area contributed by atoms with Gasteiger partial charge in [-0.2, -0.15) is 4.31 Å². The number of amides is 1. The van der Waals surface area contributed by atoms with Gasteiger partial charge in [-0.1, -0.05) is 36.4 Å². The molecule has 1 aliphatic heterocycles. The van der Waals surface area contributed by atoms with Gasteiger partial charge in [0.2, 0.25) is 15.9 Å². The largest absolute Gasteiger partial charge is 0.491 e. The minimum Gasteiger partial charge on any atom is -0.491 e. The monoisotopic (exact) mass is 456 g/mol. The smallest absolute Gasteiger partial charge is 0.243 e. The number of nitrogens with one attached hydrogen (secondary N) is 1. The number of hydrogen-bond acceptors (Lipinski definition) is 4. The van der Waals surface area contributed by atoms with Crippen LogP contribution in [0.5, 0.6) is 5.75 Å². The Hall–Kier alpha value is -2.97. The molecule has 1 amide bonds. The molecule has 32 heavy (non-hydrogen) atoms. The molecule has 1 atom stereocenters. The van der Waals surface area contributed by atoms with Crippen LogP contribution in [-0.2, 0) is 14.8 Å². The summed E-state index contributed by atoms with van der Waals surface area (Å²) in [6.07, 6.45) is 1.20. The first-order valence-electron chi connectivity index (χ1n) is 10.6. The van der Waals surface area contributed by atoms with Crippen molar-refractivity contribution in [2.24, 2.45) is 5.92 Å². The fourth-order valence-electron chi connectivity index (χ4n) is 3.93. The number of carbonyl (C=O) groups is 1. The van der Waals surface area contributed by atoms with Crippen LogP contribution in [0.1, 0.15) is 12.8 Å². The third kappa shape index (κ3) is 4.92. The van der Waals surface area contributed by atoms with Crippen LogP contribution in [0.2, 0.25) is 0 Å². The van der Waals surface area contributed by atoms with Crippen molar-refractivity contribution in [2.75, 3.05) is 26.2 Å². The van der Waals surface area contributed by atoms with Gasteiger partial charge < -0.3 is 10.1 Å². The molecule has 1 N–H and O–H groups in total. The maximum atomic E-state index is 13.1. The van der Waals surface area contributed by atoms with Crippen LogP contribution in [0.15, 0.2) is 71.6 Å². The molecule has 1 heterocycles. The number of rotatable bonds is 7. The fraction of sp³-hybridized carbons (Fsp3) is 0.292. The predicted molar refractivity (Wildman–Crippen MR) is 120 cm³/mol. The first-order chi connectivity index (χ1) is 15.4. The molecule has 4 rings (SSSR count). The zero-order chi connectivity index (χ0) is 22.6. The van der Waals surface area contributed by atoms with Crippen LogP contribution < -0.4 is 10.1 Å². The third-order valence-electron chi connectivity index (χ3n) is 5.61. The summed E-state index contributed by atoms with van der Waals surface area (Å²) >= 11 is 0. The molecule has 3 aromatic rings. The van der Waals surface area contributed by atoms with Crippen LogP contribution in [0.3, 0.4) is 0 Å². The second-order valence-electron chi connectivity index (χ2n) is 7.77. The van der Waals surface area contributed by atoms with Gasteiger partial charge in [-0.15, -0.1) is 0 Å². The van der Waals surface area contributed by atoms with E-state index >= 15 is 0 Å². The van der Waals surface area contributed by atoms with Crippen molar-refractivity contribution in [1.82, 2.24) is 9.62 Å². The SMILES string of the molecule is O=C(NCCOc1cccc2ccccc12)C1CCCN(S(=O)(=O)c2ccc(F)cc2)C1. The maximum absolute atomic E-state index is 13.1. The highest BCUT2D eigenvalue weighted by Crippen LogP contribution is 2.26. The Morgan fingerprint density at radius 2 is 1.81 bits per heavy atom. The normalized spacial score (nSPS) is 17.2. The lowest BCUT2D eigenvalue weighted by atomic mass is 9.99. The Kier molecular flexibility index (Phi) is 6.72. The predicted octanol–water partition coefficient (Wildman–Crippen LogP) is 3.57. The molecule has 3 aromatic carbocycles. The lowest BCUT2D eigenvalue weighted by molar-refractivity contribution is -0.126. The summed E-state index contributed by atoms with van der Waals surface area (Å²) in [5, 5.41) is 4.95. The van der Waals surface area contributed by atoms with E-state index in [0.717, 1.165) is 28.7 Å². The molecule has 0 spiro atoms. The summed E-state index contributed by atoms with van der Waals surface area (Å²) in [6, 6.07) is 18.5. The average Bonchev–Trinajstić information content (AvgIpc) is 2.82. The number of fused-ring (bicyclic) bond motifs is 1. The van der Waals surface area contributed by atoms with E-state index in [1.165, 1.54) is 16.4 Å². The van der Waals surface area contributed by atoms with Gasteiger partial charge in [-0.3, -0.25) is 4.79 Å². The minimum absolute atomic E-state index is 0.0310. The molecule has 0 radical (unpaired) electrons. The minimum atomic E-state index is -3.77. The van der Waals surface area contributed by atoms with Gasteiger partial charge >= 0.3 is 0 Å². The van der Waals surface area contributed by atoms with Crippen molar-refractivity contribution in [3.8, 4) is 5.75 Å². The Morgan fingerprint density at radius 3 is 2.62 bits per heavy atom. The van der Waals surface area contributed by atoms with E-state index in [9.17, 15) is 17.6 Å². The lowest BCUT2D eigenvalue weighted by Crippen LogP contribution is -2.45. The number of nitrogens with zero attached hydrogens (tertiary/aromatic N) is 1. The molecule has 0 saturated carbocycles. The standard InChI is InChI=1S/C24H25FN2O4S/c25-20-10-12-21(13-11-20)32(29,30)27-15-4-7-19(17-27)24(28)26-14-16-31-23-9-3-6-18-5-1-2-8-22(18)23/h1-3,5-6,8-13,19H,4,7,14-17H2,(H,26,28). The number of carbonyl (C=O) groups excluding carboxylic acids is 1. The Balaban J connectivity index is 1.31. The molecule has 1 saturated heterocycles. The molecule has 1 unspecified atom stereocenters. The summed E-state index contributed by atoms with van der Waals surface area (Å²) in [7, 11) is -3.77. The molecule has 1 aliphatic rings. The van der Waals surface area contributed by atoms with Gasteiger partial charge in [0.25, 0.3) is 0 Å². The van der Waals surface area contributed by atoms with Crippen molar-refractivity contribution < 1.29 is 22.3 Å². The molecule has 0 aromatic heterocycles. The number of ether oxygens (including phenoxy) is 1. The van der Waals surface area contributed by atoms with Crippen molar-refractivity contribution in [2.45, 2.75) is 17.7 Å². The molecule has 6 nitrogen and oxygen atoms in total. The summed E-state index contributed by atoms with van der Waals surface area (Å²) in [6.45, 7) is 1.08. The van der Waals surface area contributed by atoms with Gasteiger partial charge in [-0.05, 0) is 48.6 Å². The highest BCUT2D eigenvalue weighted by Gasteiger charge is 2.33. The second kappa shape index (κ2) is 9.67. The molecule has 0 bridgehead atoms. The van der Waals surface area contributed by atoms with E-state index in [2.05, 4.69) is 5.32 Å². The summed E-state index contributed by atoms with van der Waals surface area (Å²) < 4.78 is 46.0. The topological polar surface area (TPSA) is 75.7 Å². The van der Waals surface area contributed by atoms with E-state index < -0.39 is 21.8 Å². The van der Waals surface area contributed by atoms with Gasteiger partial charge in [0.1, 0.15) is 18.2 Å². The molecule has 8 heteroatoms. The molecule has 168 valence electrons. The van der Waals surface area contributed by atoms with Gasteiger partial charge in [-0.25, -0.2) is 12.8 Å². The van der Waals surface area contributed by atoms with Crippen molar-refractivity contribution >= 4 is 26.7 Å². The van der Waals surface area contributed by atoms with Crippen LogP contribution in [0, 0.1) is 11.7 Å². The van der Waals surface area contributed by atoms with Gasteiger partial charge in [0.15, 0.2) is 0 Å². The van der Waals surface area contributed by atoms with Crippen LogP contribution in [0.4, 0.5) is 4.39 Å². The lowest BCUT2D eigenvalue weighted by Gasteiger charge is -2.31. The maximum Gasteiger partial charge on any atom is 0.243 e. The highest BCUT2D eigenvalue weighted by atomic mass is 32.2. The number of benzene rings is 3. The summed E-state index contributed by atoms with van der Waals surface area (Å²) in [5.74, 6) is -0.362.